The number of benzene rings is 6. The Kier molecular flexibility index (Phi) is 4.89. The number of hydrogen-bond acceptors (Lipinski definition) is 4. The van der Waals surface area contributed by atoms with Gasteiger partial charge in [0.25, 0.3) is 0 Å². The van der Waals surface area contributed by atoms with Gasteiger partial charge in [0.1, 0.15) is 22.3 Å². The predicted molar refractivity (Wildman–Crippen MR) is 195 cm³/mol. The Morgan fingerprint density at radius 2 is 1.19 bits per heavy atom. The summed E-state index contributed by atoms with van der Waals surface area (Å²) >= 11 is 0. The van der Waals surface area contributed by atoms with E-state index in [2.05, 4.69) is 129 Å². The largest absolute Gasteiger partial charge is 0.498 e. The first-order valence-corrected chi connectivity index (χ1v) is 16.6. The normalized spacial score (nSPS) is 16.5. The predicted octanol–water partition coefficient (Wildman–Crippen LogP) is 10.5. The molecular weight excluding hydrogens is 593 g/mol. The van der Waals surface area contributed by atoms with Crippen molar-refractivity contribution in [1.29, 1.82) is 0 Å². The van der Waals surface area contributed by atoms with Crippen molar-refractivity contribution in [3.8, 4) is 27.9 Å². The van der Waals surface area contributed by atoms with Crippen LogP contribution in [0.5, 0.6) is 0 Å². The molecule has 0 unspecified atom stereocenters. The van der Waals surface area contributed by atoms with E-state index in [0.29, 0.717) is 0 Å². The van der Waals surface area contributed by atoms with Crippen LogP contribution in [-0.4, -0.2) is 22.9 Å². The third kappa shape index (κ3) is 3.20. The summed E-state index contributed by atoms with van der Waals surface area (Å²) in [5, 5.41) is 6.72. The van der Waals surface area contributed by atoms with Crippen molar-refractivity contribution in [3.63, 3.8) is 0 Å². The molecule has 0 atom stereocenters. The molecule has 48 heavy (non-hydrogen) atoms. The van der Waals surface area contributed by atoms with Gasteiger partial charge in [-0.2, -0.15) is 0 Å². The molecule has 0 bridgehead atoms. The highest BCUT2D eigenvalue weighted by molar-refractivity contribution is 6.65. The molecule has 1 saturated heterocycles. The lowest BCUT2D eigenvalue weighted by Gasteiger charge is -2.32. The van der Waals surface area contributed by atoms with Crippen LogP contribution in [-0.2, 0) is 9.31 Å². The fraction of sp³-hybridized carbons (Fsp3) is 0.143. The third-order valence-electron chi connectivity index (χ3n) is 11.2. The van der Waals surface area contributed by atoms with Crippen molar-refractivity contribution in [2.45, 2.75) is 38.9 Å². The van der Waals surface area contributed by atoms with E-state index in [1.807, 2.05) is 12.1 Å². The van der Waals surface area contributed by atoms with Crippen LogP contribution < -0.4 is 5.46 Å². The van der Waals surface area contributed by atoms with Crippen LogP contribution in [0.2, 0.25) is 0 Å². The van der Waals surface area contributed by atoms with Gasteiger partial charge in [0.05, 0.1) is 33.3 Å². The molecule has 2 aliphatic heterocycles. The van der Waals surface area contributed by atoms with Gasteiger partial charge in [0, 0.05) is 49.1 Å². The molecule has 0 amide bonds. The topological polar surface area (TPSA) is 49.7 Å². The van der Waals surface area contributed by atoms with E-state index in [-0.39, 0.29) is 0 Å². The SMILES string of the molecule is CC1(C)OB(c2cc3c(c4c2oc2ccccc24)-n2c4ccccc4c4cccc(c42)-c2c-3ccc3c2oc2ccccc23)OC1(C)C. The molecule has 1 fully saturated rings. The van der Waals surface area contributed by atoms with Gasteiger partial charge >= 0.3 is 7.12 Å². The quantitative estimate of drug-likeness (QED) is 0.171. The Morgan fingerprint density at radius 1 is 0.542 bits per heavy atom. The Labute approximate surface area is 276 Å². The van der Waals surface area contributed by atoms with Gasteiger partial charge < -0.3 is 22.7 Å². The van der Waals surface area contributed by atoms with Crippen molar-refractivity contribution in [3.05, 3.63) is 109 Å². The maximum Gasteiger partial charge on any atom is 0.498 e. The molecule has 230 valence electrons. The van der Waals surface area contributed by atoms with E-state index in [0.717, 1.165) is 88.3 Å². The van der Waals surface area contributed by atoms with Gasteiger partial charge in [0.2, 0.25) is 0 Å². The van der Waals surface area contributed by atoms with Crippen LogP contribution in [0.4, 0.5) is 0 Å². The molecule has 2 aliphatic rings. The number of aromatic nitrogens is 1. The zero-order chi connectivity index (χ0) is 32.1. The van der Waals surface area contributed by atoms with Gasteiger partial charge in [-0.1, -0.05) is 78.9 Å². The van der Waals surface area contributed by atoms with Crippen LogP contribution in [0.25, 0.3) is 93.6 Å². The Hall–Kier alpha value is -5.30. The summed E-state index contributed by atoms with van der Waals surface area (Å²) in [6.45, 7) is 8.39. The van der Waals surface area contributed by atoms with E-state index in [1.54, 1.807) is 0 Å². The van der Waals surface area contributed by atoms with E-state index in [1.165, 1.54) is 10.8 Å². The summed E-state index contributed by atoms with van der Waals surface area (Å²) < 4.78 is 29.6. The first-order chi connectivity index (χ1) is 23.3. The minimum absolute atomic E-state index is 0.514. The molecule has 11 rings (SSSR count). The summed E-state index contributed by atoms with van der Waals surface area (Å²) in [4.78, 5) is 0. The molecule has 0 N–H and O–H groups in total. The Morgan fingerprint density at radius 3 is 1.98 bits per heavy atom. The summed E-state index contributed by atoms with van der Waals surface area (Å²) in [5.41, 5.74) is 11.0. The zero-order valence-corrected chi connectivity index (χ0v) is 27.0. The van der Waals surface area contributed by atoms with Crippen molar-refractivity contribution >= 4 is 78.3 Å². The lowest BCUT2D eigenvalue weighted by molar-refractivity contribution is 0.00578. The van der Waals surface area contributed by atoms with E-state index < -0.39 is 18.3 Å². The second-order valence-corrected chi connectivity index (χ2v) is 14.3. The number of rotatable bonds is 1. The number of hydrogen-bond donors (Lipinski definition) is 0. The first-order valence-electron chi connectivity index (χ1n) is 16.6. The maximum absolute atomic E-state index is 6.82. The molecule has 3 aromatic heterocycles. The fourth-order valence-electron chi connectivity index (χ4n) is 8.22. The minimum atomic E-state index is -0.617. The Balaban J connectivity index is 1.40. The highest BCUT2D eigenvalue weighted by atomic mass is 16.7. The van der Waals surface area contributed by atoms with Crippen molar-refractivity contribution in [2.24, 2.45) is 0 Å². The molecular formula is C42H30BNO4. The Bertz CT molecular complexity index is 2850. The van der Waals surface area contributed by atoms with Crippen molar-refractivity contribution in [2.75, 3.05) is 0 Å². The summed E-state index contributed by atoms with van der Waals surface area (Å²) in [6, 6.07) is 38.8. The van der Waals surface area contributed by atoms with Gasteiger partial charge in [-0.3, -0.25) is 0 Å². The van der Waals surface area contributed by atoms with Crippen molar-refractivity contribution in [1.82, 2.24) is 4.57 Å². The average Bonchev–Trinajstić information content (AvgIpc) is 3.79. The number of furan rings is 2. The van der Waals surface area contributed by atoms with Crippen LogP contribution in [0.1, 0.15) is 27.7 Å². The van der Waals surface area contributed by atoms with Crippen LogP contribution in [0.3, 0.4) is 0 Å². The lowest BCUT2D eigenvalue weighted by Crippen LogP contribution is -2.41. The third-order valence-corrected chi connectivity index (χ3v) is 11.2. The fourth-order valence-corrected chi connectivity index (χ4v) is 8.22. The van der Waals surface area contributed by atoms with Gasteiger partial charge in [-0.15, -0.1) is 0 Å². The maximum atomic E-state index is 6.82. The summed E-state index contributed by atoms with van der Waals surface area (Å²) in [7, 11) is -0.617. The molecule has 6 aromatic carbocycles. The van der Waals surface area contributed by atoms with Gasteiger partial charge in [-0.05, 0) is 63.6 Å². The molecule has 6 heteroatoms. The highest BCUT2D eigenvalue weighted by Gasteiger charge is 2.53. The summed E-state index contributed by atoms with van der Waals surface area (Å²) in [6.07, 6.45) is 0. The van der Waals surface area contributed by atoms with Crippen LogP contribution >= 0.6 is 0 Å². The minimum Gasteiger partial charge on any atom is -0.456 e. The molecule has 9 aromatic rings. The zero-order valence-electron chi connectivity index (χ0n) is 27.0. The van der Waals surface area contributed by atoms with Gasteiger partial charge in [0.15, 0.2) is 0 Å². The molecule has 0 radical (unpaired) electrons. The molecule has 5 heterocycles. The van der Waals surface area contributed by atoms with Crippen molar-refractivity contribution < 1.29 is 18.1 Å². The average molecular weight is 624 g/mol. The standard InChI is InChI=1S/C42H30BNO4/c1-41(2)42(3,4)48-43(47-41)31-22-30-25-20-21-27-24-13-6-9-18-33(24)45-39(27)35(25)29-16-11-15-26-23-12-5-8-17-32(23)44(37(26)29)38(30)36-28-14-7-10-19-34(28)46-40(31)36/h5-22H,1-4H3. The highest BCUT2D eigenvalue weighted by Crippen LogP contribution is 2.52. The molecule has 0 aliphatic carbocycles. The number of fused-ring (bicyclic) bond motifs is 16. The van der Waals surface area contributed by atoms with E-state index in [9.17, 15) is 0 Å². The van der Waals surface area contributed by atoms with Gasteiger partial charge in [-0.25, -0.2) is 0 Å². The summed E-state index contributed by atoms with van der Waals surface area (Å²) in [5.74, 6) is 0. The van der Waals surface area contributed by atoms with E-state index >= 15 is 0 Å². The number of para-hydroxylation sites is 4. The lowest BCUT2D eigenvalue weighted by atomic mass is 9.75. The van der Waals surface area contributed by atoms with Crippen LogP contribution in [0.15, 0.2) is 118 Å². The molecule has 5 nitrogen and oxygen atoms in total. The number of nitrogens with zero attached hydrogens (tertiary/aromatic N) is 1. The molecule has 0 saturated carbocycles. The monoisotopic (exact) mass is 623 g/mol. The van der Waals surface area contributed by atoms with E-state index in [4.69, 9.17) is 18.1 Å². The smallest absolute Gasteiger partial charge is 0.456 e. The second kappa shape index (κ2) is 8.78. The molecule has 0 spiro atoms. The first kappa shape index (κ1) is 26.7. The second-order valence-electron chi connectivity index (χ2n) is 14.3. The van der Waals surface area contributed by atoms with Crippen LogP contribution in [0, 0.1) is 0 Å².